The maximum Gasteiger partial charge on any atom is 0.415 e. The molecule has 0 aromatic rings. The van der Waals surface area contributed by atoms with E-state index in [1.165, 1.54) is 5.32 Å². The van der Waals surface area contributed by atoms with Gasteiger partial charge in [0.15, 0.2) is 11.6 Å². The van der Waals surface area contributed by atoms with Gasteiger partial charge in [-0.25, -0.2) is 4.79 Å². The standard InChI is InChI=1S/C8H13F3N2O4/c1-3(14)4(5(15)16)13-6(17)7(2,12)8(9,10)11/h3-4,14H,12H2,1-2H3,(H,13,17)(H,15,16)/t3-,4+,7?/m1/s1. The van der Waals surface area contributed by atoms with Crippen LogP contribution in [0.3, 0.4) is 0 Å². The lowest BCUT2D eigenvalue weighted by molar-refractivity contribution is -0.188. The first kappa shape index (κ1) is 15.7. The van der Waals surface area contributed by atoms with Crippen LogP contribution in [0, 0.1) is 0 Å². The topological polar surface area (TPSA) is 113 Å². The van der Waals surface area contributed by atoms with E-state index in [1.807, 2.05) is 0 Å². The van der Waals surface area contributed by atoms with Gasteiger partial charge in [0.25, 0.3) is 0 Å². The van der Waals surface area contributed by atoms with Crippen molar-refractivity contribution in [3.05, 3.63) is 0 Å². The summed E-state index contributed by atoms with van der Waals surface area (Å²) in [6.45, 7) is 1.42. The zero-order valence-corrected chi connectivity index (χ0v) is 9.08. The van der Waals surface area contributed by atoms with Crippen LogP contribution in [0.15, 0.2) is 0 Å². The number of aliphatic hydroxyl groups is 1. The van der Waals surface area contributed by atoms with Crippen molar-refractivity contribution in [1.82, 2.24) is 5.32 Å². The Balaban J connectivity index is 4.92. The van der Waals surface area contributed by atoms with E-state index in [0.717, 1.165) is 6.92 Å². The maximum atomic E-state index is 12.3. The summed E-state index contributed by atoms with van der Waals surface area (Å²) in [6.07, 6.45) is -6.58. The summed E-state index contributed by atoms with van der Waals surface area (Å²) in [5.74, 6) is -3.38. The molecule has 17 heavy (non-hydrogen) atoms. The molecule has 0 heterocycles. The molecule has 0 rings (SSSR count). The van der Waals surface area contributed by atoms with Crippen molar-refractivity contribution in [1.29, 1.82) is 0 Å². The number of nitrogens with two attached hydrogens (primary N) is 1. The monoisotopic (exact) mass is 258 g/mol. The molecule has 0 aromatic carbocycles. The number of aliphatic hydroxyl groups excluding tert-OH is 1. The van der Waals surface area contributed by atoms with Gasteiger partial charge in [-0.2, -0.15) is 13.2 Å². The molecular weight excluding hydrogens is 245 g/mol. The van der Waals surface area contributed by atoms with Gasteiger partial charge in [0, 0.05) is 0 Å². The van der Waals surface area contributed by atoms with E-state index in [0.29, 0.717) is 6.92 Å². The number of carboxylic acid groups (broad SMARTS) is 1. The Kier molecular flexibility index (Phi) is 4.49. The summed E-state index contributed by atoms with van der Waals surface area (Å²) in [5.41, 5.74) is 1.55. The molecule has 0 aliphatic carbocycles. The van der Waals surface area contributed by atoms with Crippen molar-refractivity contribution < 1.29 is 33.0 Å². The van der Waals surface area contributed by atoms with Gasteiger partial charge < -0.3 is 21.3 Å². The molecule has 1 amide bonds. The largest absolute Gasteiger partial charge is 0.480 e. The lowest BCUT2D eigenvalue weighted by Gasteiger charge is -2.28. The third-order valence-electron chi connectivity index (χ3n) is 2.10. The van der Waals surface area contributed by atoms with Crippen molar-refractivity contribution in [2.24, 2.45) is 5.73 Å². The van der Waals surface area contributed by atoms with E-state index in [4.69, 9.17) is 15.9 Å². The summed E-state index contributed by atoms with van der Waals surface area (Å²) in [5, 5.41) is 19.1. The Morgan fingerprint density at radius 2 is 1.76 bits per heavy atom. The Bertz CT molecular complexity index is 314. The van der Waals surface area contributed by atoms with Gasteiger partial charge in [-0.1, -0.05) is 0 Å². The van der Waals surface area contributed by atoms with Crippen LogP contribution >= 0.6 is 0 Å². The van der Waals surface area contributed by atoms with Crippen LogP contribution < -0.4 is 11.1 Å². The number of carboxylic acids is 1. The number of alkyl halides is 3. The first-order valence-electron chi connectivity index (χ1n) is 4.48. The Labute approximate surface area is 94.6 Å². The molecule has 1 unspecified atom stereocenters. The highest BCUT2D eigenvalue weighted by Gasteiger charge is 2.54. The molecule has 0 aliphatic heterocycles. The van der Waals surface area contributed by atoms with E-state index in [9.17, 15) is 22.8 Å². The molecule has 6 nitrogen and oxygen atoms in total. The average Bonchev–Trinajstić information content (AvgIpc) is 2.10. The number of aliphatic carboxylic acids is 1. The molecule has 0 spiro atoms. The summed E-state index contributed by atoms with van der Waals surface area (Å²) in [7, 11) is 0. The van der Waals surface area contributed by atoms with E-state index >= 15 is 0 Å². The molecule has 0 saturated heterocycles. The van der Waals surface area contributed by atoms with Crippen molar-refractivity contribution in [2.75, 3.05) is 0 Å². The van der Waals surface area contributed by atoms with Crippen molar-refractivity contribution in [3.8, 4) is 0 Å². The summed E-state index contributed by atoms with van der Waals surface area (Å²) in [6, 6.07) is -1.85. The summed E-state index contributed by atoms with van der Waals surface area (Å²) >= 11 is 0. The summed E-state index contributed by atoms with van der Waals surface area (Å²) < 4.78 is 37.0. The molecule has 0 fully saturated rings. The Morgan fingerprint density at radius 1 is 1.35 bits per heavy atom. The summed E-state index contributed by atoms with van der Waals surface area (Å²) in [4.78, 5) is 21.8. The van der Waals surface area contributed by atoms with Gasteiger partial charge in [-0.05, 0) is 13.8 Å². The molecule has 0 aromatic heterocycles. The van der Waals surface area contributed by atoms with Crippen LogP contribution in [-0.4, -0.2) is 46.0 Å². The molecule has 0 saturated carbocycles. The molecule has 0 bridgehead atoms. The number of hydrogen-bond acceptors (Lipinski definition) is 4. The Morgan fingerprint density at radius 3 is 2.00 bits per heavy atom. The zero-order valence-electron chi connectivity index (χ0n) is 9.08. The van der Waals surface area contributed by atoms with Crippen LogP contribution in [-0.2, 0) is 9.59 Å². The number of carbonyl (C=O) groups is 2. The minimum atomic E-state index is -5.03. The van der Waals surface area contributed by atoms with Crippen LogP contribution in [0.2, 0.25) is 0 Å². The highest BCUT2D eigenvalue weighted by molar-refractivity contribution is 5.90. The number of amides is 1. The van der Waals surface area contributed by atoms with Crippen molar-refractivity contribution in [2.45, 2.75) is 37.7 Å². The molecule has 3 atom stereocenters. The number of carbonyl (C=O) groups excluding carboxylic acids is 1. The third-order valence-corrected chi connectivity index (χ3v) is 2.10. The van der Waals surface area contributed by atoms with Crippen LogP contribution in [0.25, 0.3) is 0 Å². The molecule has 5 N–H and O–H groups in total. The van der Waals surface area contributed by atoms with Gasteiger partial charge >= 0.3 is 12.1 Å². The highest BCUT2D eigenvalue weighted by Crippen LogP contribution is 2.28. The second kappa shape index (κ2) is 4.88. The first-order chi connectivity index (χ1) is 7.41. The van der Waals surface area contributed by atoms with Gasteiger partial charge in [-0.3, -0.25) is 4.79 Å². The Hall–Kier alpha value is -1.35. The quantitative estimate of drug-likeness (QED) is 0.528. The van der Waals surface area contributed by atoms with Gasteiger partial charge in [0.2, 0.25) is 5.91 Å². The smallest absolute Gasteiger partial charge is 0.415 e. The molecular formula is C8H13F3N2O4. The van der Waals surface area contributed by atoms with E-state index in [-0.39, 0.29) is 0 Å². The average molecular weight is 258 g/mol. The van der Waals surface area contributed by atoms with Crippen LogP contribution in [0.1, 0.15) is 13.8 Å². The molecule has 0 radical (unpaired) electrons. The lowest BCUT2D eigenvalue weighted by atomic mass is 10.0. The molecule has 100 valence electrons. The van der Waals surface area contributed by atoms with Crippen LogP contribution in [0.5, 0.6) is 0 Å². The maximum absolute atomic E-state index is 12.3. The van der Waals surface area contributed by atoms with Gasteiger partial charge in [-0.15, -0.1) is 0 Å². The molecule has 9 heteroatoms. The fourth-order valence-corrected chi connectivity index (χ4v) is 0.809. The fourth-order valence-electron chi connectivity index (χ4n) is 0.809. The van der Waals surface area contributed by atoms with Crippen molar-refractivity contribution >= 4 is 11.9 Å². The number of nitrogens with one attached hydrogen (secondary N) is 1. The fraction of sp³-hybridized carbons (Fsp3) is 0.750. The van der Waals surface area contributed by atoms with E-state index in [1.54, 1.807) is 0 Å². The van der Waals surface area contributed by atoms with Crippen LogP contribution in [0.4, 0.5) is 13.2 Å². The predicted octanol–water partition coefficient (Wildman–Crippen LogP) is -0.784. The lowest BCUT2D eigenvalue weighted by Crippen LogP contribution is -2.64. The predicted molar refractivity (Wildman–Crippen MR) is 49.9 cm³/mol. The SMILES string of the molecule is C[C@@H](O)[C@H](NC(=O)C(C)(N)C(F)(F)F)C(=O)O. The van der Waals surface area contributed by atoms with Gasteiger partial charge in [0.1, 0.15) is 0 Å². The normalized spacial score (nSPS) is 19.0. The van der Waals surface area contributed by atoms with E-state index in [2.05, 4.69) is 0 Å². The minimum absolute atomic E-state index is 0.406. The zero-order chi connectivity index (χ0) is 14.0. The first-order valence-corrected chi connectivity index (χ1v) is 4.48. The minimum Gasteiger partial charge on any atom is -0.480 e. The number of hydrogen-bond donors (Lipinski definition) is 4. The third kappa shape index (κ3) is 3.56. The van der Waals surface area contributed by atoms with Gasteiger partial charge in [0.05, 0.1) is 6.10 Å². The van der Waals surface area contributed by atoms with Crippen molar-refractivity contribution in [3.63, 3.8) is 0 Å². The number of rotatable bonds is 4. The van der Waals surface area contributed by atoms with E-state index < -0.39 is 35.7 Å². The number of halogens is 3. The molecule has 0 aliphatic rings. The second-order valence-corrected chi connectivity index (χ2v) is 3.73. The second-order valence-electron chi connectivity index (χ2n) is 3.73. The highest BCUT2D eigenvalue weighted by atomic mass is 19.4.